The van der Waals surface area contributed by atoms with Crippen LogP contribution in [0.1, 0.15) is 26.7 Å². The molecule has 0 amide bonds. The highest BCUT2D eigenvalue weighted by Gasteiger charge is 2.16. The third kappa shape index (κ3) is 4.10. The number of rotatable bonds is 6. The summed E-state index contributed by atoms with van der Waals surface area (Å²) in [5.41, 5.74) is 0. The van der Waals surface area contributed by atoms with Crippen LogP contribution in [0.25, 0.3) is 0 Å². The molecule has 2 heteroatoms. The molecule has 13 heavy (non-hydrogen) atoms. The van der Waals surface area contributed by atoms with Crippen LogP contribution in [0.3, 0.4) is 0 Å². The van der Waals surface area contributed by atoms with Gasteiger partial charge in [0.25, 0.3) is 0 Å². The molecule has 1 unspecified atom stereocenters. The SMILES string of the molecule is CCC(C)CN(C)CCC1CNC1. The van der Waals surface area contributed by atoms with Crippen LogP contribution in [-0.2, 0) is 0 Å². The molecule has 1 aliphatic heterocycles. The number of hydrogen-bond donors (Lipinski definition) is 1. The van der Waals surface area contributed by atoms with Gasteiger partial charge in [0.1, 0.15) is 0 Å². The molecule has 0 aromatic heterocycles. The molecule has 0 bridgehead atoms. The Kier molecular flexibility index (Phi) is 4.74. The van der Waals surface area contributed by atoms with Gasteiger partial charge in [-0.3, -0.25) is 0 Å². The van der Waals surface area contributed by atoms with Gasteiger partial charge >= 0.3 is 0 Å². The zero-order valence-electron chi connectivity index (χ0n) is 9.34. The maximum absolute atomic E-state index is 3.32. The van der Waals surface area contributed by atoms with Gasteiger partial charge in [0.05, 0.1) is 0 Å². The summed E-state index contributed by atoms with van der Waals surface area (Å²) < 4.78 is 0. The van der Waals surface area contributed by atoms with E-state index >= 15 is 0 Å². The largest absolute Gasteiger partial charge is 0.316 e. The molecule has 1 heterocycles. The van der Waals surface area contributed by atoms with E-state index in [0.29, 0.717) is 0 Å². The molecule has 1 aliphatic rings. The number of hydrogen-bond acceptors (Lipinski definition) is 2. The van der Waals surface area contributed by atoms with Crippen LogP contribution in [0.2, 0.25) is 0 Å². The van der Waals surface area contributed by atoms with Gasteiger partial charge in [-0.2, -0.15) is 0 Å². The Hall–Kier alpha value is -0.0800. The lowest BCUT2D eigenvalue weighted by molar-refractivity contribution is 0.234. The Labute approximate surface area is 82.7 Å². The zero-order valence-corrected chi connectivity index (χ0v) is 9.34. The first-order valence-electron chi connectivity index (χ1n) is 5.61. The van der Waals surface area contributed by atoms with Gasteiger partial charge in [-0.1, -0.05) is 20.3 Å². The van der Waals surface area contributed by atoms with Crippen molar-refractivity contribution in [1.82, 2.24) is 10.2 Å². The average Bonchev–Trinajstić information content (AvgIpc) is 2.01. The first-order valence-corrected chi connectivity index (χ1v) is 5.61. The highest BCUT2D eigenvalue weighted by atomic mass is 15.1. The Balaban J connectivity index is 1.99. The van der Waals surface area contributed by atoms with Gasteiger partial charge in [0.2, 0.25) is 0 Å². The van der Waals surface area contributed by atoms with Gasteiger partial charge in [0, 0.05) is 6.54 Å². The average molecular weight is 184 g/mol. The van der Waals surface area contributed by atoms with Crippen molar-refractivity contribution < 1.29 is 0 Å². The van der Waals surface area contributed by atoms with Crippen LogP contribution in [0, 0.1) is 11.8 Å². The quantitative estimate of drug-likeness (QED) is 0.674. The zero-order chi connectivity index (χ0) is 9.68. The summed E-state index contributed by atoms with van der Waals surface area (Å²) in [6, 6.07) is 0. The summed E-state index contributed by atoms with van der Waals surface area (Å²) in [6.07, 6.45) is 2.68. The molecule has 1 N–H and O–H groups in total. The monoisotopic (exact) mass is 184 g/mol. The normalized spacial score (nSPS) is 20.3. The van der Waals surface area contributed by atoms with E-state index in [0.717, 1.165) is 11.8 Å². The molecule has 0 saturated carbocycles. The molecule has 0 spiro atoms. The third-order valence-electron chi connectivity index (χ3n) is 3.11. The van der Waals surface area contributed by atoms with Crippen LogP contribution in [0.15, 0.2) is 0 Å². The second-order valence-electron chi connectivity index (χ2n) is 4.59. The maximum atomic E-state index is 3.32. The van der Waals surface area contributed by atoms with Gasteiger partial charge in [0.15, 0.2) is 0 Å². The van der Waals surface area contributed by atoms with Crippen molar-refractivity contribution >= 4 is 0 Å². The highest BCUT2D eigenvalue weighted by molar-refractivity contribution is 4.75. The van der Waals surface area contributed by atoms with E-state index in [1.165, 1.54) is 39.0 Å². The van der Waals surface area contributed by atoms with Crippen LogP contribution in [0.5, 0.6) is 0 Å². The van der Waals surface area contributed by atoms with E-state index in [1.54, 1.807) is 0 Å². The Morgan fingerprint density at radius 1 is 1.46 bits per heavy atom. The van der Waals surface area contributed by atoms with Crippen molar-refractivity contribution in [3.8, 4) is 0 Å². The van der Waals surface area contributed by atoms with Crippen LogP contribution >= 0.6 is 0 Å². The van der Waals surface area contributed by atoms with Gasteiger partial charge < -0.3 is 10.2 Å². The molecule has 0 aromatic rings. The standard InChI is InChI=1S/C11H24N2/c1-4-10(2)9-13(3)6-5-11-7-12-8-11/h10-12H,4-9H2,1-3H3. The molecular weight excluding hydrogens is 160 g/mol. The van der Waals surface area contributed by atoms with E-state index < -0.39 is 0 Å². The smallest absolute Gasteiger partial charge is 0.000387 e. The molecule has 0 radical (unpaired) electrons. The van der Waals surface area contributed by atoms with Gasteiger partial charge in [-0.25, -0.2) is 0 Å². The van der Waals surface area contributed by atoms with Crippen molar-refractivity contribution in [3.05, 3.63) is 0 Å². The predicted molar refractivity (Wildman–Crippen MR) is 57.9 cm³/mol. The Morgan fingerprint density at radius 2 is 2.15 bits per heavy atom. The third-order valence-corrected chi connectivity index (χ3v) is 3.11. The van der Waals surface area contributed by atoms with E-state index in [9.17, 15) is 0 Å². The maximum Gasteiger partial charge on any atom is 0.000387 e. The number of nitrogens with one attached hydrogen (secondary N) is 1. The molecule has 1 saturated heterocycles. The molecule has 0 aliphatic carbocycles. The molecular formula is C11H24N2. The summed E-state index contributed by atoms with van der Waals surface area (Å²) >= 11 is 0. The second kappa shape index (κ2) is 5.61. The fourth-order valence-electron chi connectivity index (χ4n) is 1.71. The minimum absolute atomic E-state index is 0.851. The van der Waals surface area contributed by atoms with E-state index in [2.05, 4.69) is 31.1 Å². The molecule has 78 valence electrons. The van der Waals surface area contributed by atoms with Crippen molar-refractivity contribution in [2.45, 2.75) is 26.7 Å². The lowest BCUT2D eigenvalue weighted by Crippen LogP contribution is -2.43. The number of nitrogens with zero attached hydrogens (tertiary/aromatic N) is 1. The van der Waals surface area contributed by atoms with Crippen molar-refractivity contribution in [2.75, 3.05) is 33.2 Å². The van der Waals surface area contributed by atoms with Gasteiger partial charge in [-0.05, 0) is 44.9 Å². The first-order chi connectivity index (χ1) is 6.22. The first kappa shape index (κ1) is 11.0. The van der Waals surface area contributed by atoms with Crippen LogP contribution < -0.4 is 5.32 Å². The summed E-state index contributed by atoms with van der Waals surface area (Å²) in [4.78, 5) is 2.48. The predicted octanol–water partition coefficient (Wildman–Crippen LogP) is 1.57. The lowest BCUT2D eigenvalue weighted by Gasteiger charge is -2.29. The summed E-state index contributed by atoms with van der Waals surface area (Å²) in [5, 5.41) is 3.32. The minimum atomic E-state index is 0.851. The molecule has 1 fully saturated rings. The summed E-state index contributed by atoms with van der Waals surface area (Å²) in [7, 11) is 2.25. The summed E-state index contributed by atoms with van der Waals surface area (Å²) in [6.45, 7) is 9.64. The summed E-state index contributed by atoms with van der Waals surface area (Å²) in [5.74, 6) is 1.81. The molecule has 2 nitrogen and oxygen atoms in total. The van der Waals surface area contributed by atoms with Crippen LogP contribution in [0.4, 0.5) is 0 Å². The minimum Gasteiger partial charge on any atom is -0.316 e. The lowest BCUT2D eigenvalue weighted by atomic mass is 9.99. The van der Waals surface area contributed by atoms with Crippen molar-refractivity contribution in [2.24, 2.45) is 11.8 Å². The van der Waals surface area contributed by atoms with Crippen molar-refractivity contribution in [1.29, 1.82) is 0 Å². The van der Waals surface area contributed by atoms with Crippen LogP contribution in [-0.4, -0.2) is 38.1 Å². The molecule has 0 aromatic carbocycles. The Morgan fingerprint density at radius 3 is 2.62 bits per heavy atom. The fraction of sp³-hybridized carbons (Fsp3) is 1.00. The van der Waals surface area contributed by atoms with E-state index in [-0.39, 0.29) is 0 Å². The van der Waals surface area contributed by atoms with E-state index in [4.69, 9.17) is 0 Å². The second-order valence-corrected chi connectivity index (χ2v) is 4.59. The van der Waals surface area contributed by atoms with E-state index in [1.807, 2.05) is 0 Å². The molecule has 1 atom stereocenters. The highest BCUT2D eigenvalue weighted by Crippen LogP contribution is 2.10. The molecule has 1 rings (SSSR count). The fourth-order valence-corrected chi connectivity index (χ4v) is 1.71. The van der Waals surface area contributed by atoms with Gasteiger partial charge in [-0.15, -0.1) is 0 Å². The topological polar surface area (TPSA) is 15.3 Å². The van der Waals surface area contributed by atoms with Crippen molar-refractivity contribution in [3.63, 3.8) is 0 Å². The Bertz CT molecular complexity index is 132.